The third-order valence-corrected chi connectivity index (χ3v) is 3.01. The van der Waals surface area contributed by atoms with Crippen molar-refractivity contribution >= 4 is 11.5 Å². The second kappa shape index (κ2) is 4.52. The van der Waals surface area contributed by atoms with Crippen LogP contribution in [0.5, 0.6) is 0 Å². The first-order valence-electron chi connectivity index (χ1n) is 4.67. The average molecular weight is 211 g/mol. The van der Waals surface area contributed by atoms with Crippen molar-refractivity contribution < 1.29 is 4.74 Å². The molecule has 1 aromatic rings. The molecular formula is C9H13N3OS. The Morgan fingerprint density at radius 2 is 2.57 bits per heavy atom. The highest BCUT2D eigenvalue weighted by atomic mass is 32.1. The largest absolute Gasteiger partial charge is 0.501 e. The minimum atomic E-state index is 0.218. The Labute approximate surface area is 87.1 Å². The van der Waals surface area contributed by atoms with Crippen molar-refractivity contribution in [1.29, 1.82) is 0 Å². The van der Waals surface area contributed by atoms with Gasteiger partial charge in [0.1, 0.15) is 0 Å². The van der Waals surface area contributed by atoms with Gasteiger partial charge in [0.25, 0.3) is 0 Å². The van der Waals surface area contributed by atoms with Gasteiger partial charge in [-0.05, 0) is 37.0 Å². The van der Waals surface area contributed by atoms with E-state index in [1.807, 2.05) is 13.3 Å². The number of hydrogen-bond acceptors (Lipinski definition) is 5. The van der Waals surface area contributed by atoms with Crippen LogP contribution in [0.1, 0.15) is 23.8 Å². The molecule has 0 fully saturated rings. The topological polar surface area (TPSA) is 47.0 Å². The molecule has 0 aromatic carbocycles. The molecule has 5 heteroatoms. The molecular weight excluding hydrogens is 198 g/mol. The molecule has 76 valence electrons. The van der Waals surface area contributed by atoms with Crippen LogP contribution in [0.15, 0.2) is 18.0 Å². The van der Waals surface area contributed by atoms with E-state index in [0.29, 0.717) is 0 Å². The molecule has 0 saturated carbocycles. The molecule has 0 bridgehead atoms. The smallest absolute Gasteiger partial charge is 0.0876 e. The lowest BCUT2D eigenvalue weighted by atomic mass is 10.0. The average Bonchev–Trinajstić information content (AvgIpc) is 2.74. The lowest BCUT2D eigenvalue weighted by Gasteiger charge is -2.20. The molecule has 0 radical (unpaired) electrons. The highest BCUT2D eigenvalue weighted by Gasteiger charge is 2.18. The first kappa shape index (κ1) is 9.61. The van der Waals surface area contributed by atoms with Crippen molar-refractivity contribution in [2.45, 2.75) is 18.9 Å². The Kier molecular flexibility index (Phi) is 3.10. The van der Waals surface area contributed by atoms with Gasteiger partial charge >= 0.3 is 0 Å². The van der Waals surface area contributed by atoms with Gasteiger partial charge in [0.2, 0.25) is 0 Å². The van der Waals surface area contributed by atoms with E-state index in [9.17, 15) is 0 Å². The maximum atomic E-state index is 5.32. The fourth-order valence-electron chi connectivity index (χ4n) is 1.61. The number of hydrogen-bond donors (Lipinski definition) is 1. The van der Waals surface area contributed by atoms with Gasteiger partial charge in [-0.2, -0.15) is 0 Å². The molecule has 1 atom stereocenters. The number of rotatable bonds is 3. The van der Waals surface area contributed by atoms with Crippen LogP contribution in [0.4, 0.5) is 0 Å². The molecule has 0 spiro atoms. The molecule has 4 nitrogen and oxygen atoms in total. The molecule has 1 unspecified atom stereocenters. The zero-order chi connectivity index (χ0) is 9.80. The maximum Gasteiger partial charge on any atom is 0.0876 e. The third kappa shape index (κ3) is 1.93. The van der Waals surface area contributed by atoms with Crippen molar-refractivity contribution in [3.8, 4) is 0 Å². The fourth-order valence-corrected chi connectivity index (χ4v) is 2.27. The quantitative estimate of drug-likeness (QED) is 0.823. The SMILES string of the molecule is CNC(C1=COCCC1)c1cnns1. The summed E-state index contributed by atoms with van der Waals surface area (Å²) >= 11 is 1.43. The summed E-state index contributed by atoms with van der Waals surface area (Å²) in [5.74, 6) is 0. The van der Waals surface area contributed by atoms with E-state index >= 15 is 0 Å². The van der Waals surface area contributed by atoms with Crippen LogP contribution in [-0.2, 0) is 4.74 Å². The van der Waals surface area contributed by atoms with Crippen molar-refractivity contribution in [3.05, 3.63) is 22.9 Å². The molecule has 14 heavy (non-hydrogen) atoms. The van der Waals surface area contributed by atoms with Gasteiger partial charge in [0.15, 0.2) is 0 Å². The van der Waals surface area contributed by atoms with Gasteiger partial charge in [-0.1, -0.05) is 4.49 Å². The Balaban J connectivity index is 2.16. The molecule has 0 amide bonds. The van der Waals surface area contributed by atoms with Gasteiger partial charge in [-0.15, -0.1) is 5.10 Å². The summed E-state index contributed by atoms with van der Waals surface area (Å²) in [6.07, 6.45) is 5.85. The van der Waals surface area contributed by atoms with E-state index < -0.39 is 0 Å². The molecule has 0 aliphatic carbocycles. The van der Waals surface area contributed by atoms with Crippen LogP contribution in [-0.4, -0.2) is 23.2 Å². The van der Waals surface area contributed by atoms with E-state index in [1.165, 1.54) is 17.1 Å². The van der Waals surface area contributed by atoms with Crippen LogP contribution in [0.25, 0.3) is 0 Å². The molecule has 2 heterocycles. The first-order chi connectivity index (χ1) is 6.92. The summed E-state index contributed by atoms with van der Waals surface area (Å²) in [4.78, 5) is 1.14. The van der Waals surface area contributed by atoms with E-state index in [-0.39, 0.29) is 6.04 Å². The number of likely N-dealkylation sites (N-methyl/N-ethyl adjacent to an activating group) is 1. The van der Waals surface area contributed by atoms with Gasteiger partial charge in [0, 0.05) is 0 Å². The lowest BCUT2D eigenvalue weighted by molar-refractivity contribution is 0.220. The lowest BCUT2D eigenvalue weighted by Crippen LogP contribution is -2.19. The second-order valence-corrected chi connectivity index (χ2v) is 4.03. The van der Waals surface area contributed by atoms with E-state index in [1.54, 1.807) is 6.20 Å². The van der Waals surface area contributed by atoms with Gasteiger partial charge in [-0.3, -0.25) is 0 Å². The zero-order valence-electron chi connectivity index (χ0n) is 8.06. The highest BCUT2D eigenvalue weighted by Crippen LogP contribution is 2.28. The van der Waals surface area contributed by atoms with E-state index in [4.69, 9.17) is 4.74 Å². The standard InChI is InChI=1S/C9H13N3OS/c1-10-9(8-5-11-12-14-8)7-3-2-4-13-6-7/h5-6,9-10H,2-4H2,1H3. The van der Waals surface area contributed by atoms with Crippen LogP contribution in [0, 0.1) is 0 Å². The number of aromatic nitrogens is 2. The van der Waals surface area contributed by atoms with Crippen molar-refractivity contribution in [2.24, 2.45) is 0 Å². The molecule has 1 aromatic heterocycles. The van der Waals surface area contributed by atoms with E-state index in [2.05, 4.69) is 14.9 Å². The molecule has 1 aliphatic rings. The number of nitrogens with zero attached hydrogens (tertiary/aromatic N) is 2. The summed E-state index contributed by atoms with van der Waals surface area (Å²) in [7, 11) is 1.94. The Bertz CT molecular complexity index is 310. The van der Waals surface area contributed by atoms with Crippen molar-refractivity contribution in [2.75, 3.05) is 13.7 Å². The van der Waals surface area contributed by atoms with Crippen LogP contribution in [0.3, 0.4) is 0 Å². The summed E-state index contributed by atoms with van der Waals surface area (Å²) in [5.41, 5.74) is 1.28. The van der Waals surface area contributed by atoms with Crippen LogP contribution in [0.2, 0.25) is 0 Å². The number of ether oxygens (including phenoxy) is 1. The molecule has 1 aliphatic heterocycles. The van der Waals surface area contributed by atoms with Crippen LogP contribution < -0.4 is 5.32 Å². The summed E-state index contributed by atoms with van der Waals surface area (Å²) in [6, 6.07) is 0.218. The highest BCUT2D eigenvalue weighted by molar-refractivity contribution is 7.05. The van der Waals surface area contributed by atoms with Crippen molar-refractivity contribution in [1.82, 2.24) is 14.9 Å². The first-order valence-corrected chi connectivity index (χ1v) is 5.44. The monoisotopic (exact) mass is 211 g/mol. The van der Waals surface area contributed by atoms with Gasteiger partial charge < -0.3 is 10.1 Å². The zero-order valence-corrected chi connectivity index (χ0v) is 8.88. The third-order valence-electron chi connectivity index (χ3n) is 2.28. The Hall–Kier alpha value is -0.940. The fraction of sp³-hybridized carbons (Fsp3) is 0.556. The maximum absolute atomic E-state index is 5.32. The molecule has 0 saturated heterocycles. The second-order valence-electron chi connectivity index (χ2n) is 3.21. The van der Waals surface area contributed by atoms with Gasteiger partial charge in [-0.25, -0.2) is 0 Å². The van der Waals surface area contributed by atoms with E-state index in [0.717, 1.165) is 24.3 Å². The summed E-state index contributed by atoms with van der Waals surface area (Å²) < 4.78 is 9.19. The predicted molar refractivity (Wildman–Crippen MR) is 55.0 cm³/mol. The summed E-state index contributed by atoms with van der Waals surface area (Å²) in [6.45, 7) is 0.834. The Morgan fingerprint density at radius 1 is 1.64 bits per heavy atom. The van der Waals surface area contributed by atoms with Crippen molar-refractivity contribution in [3.63, 3.8) is 0 Å². The molecule has 1 N–H and O–H groups in total. The minimum absolute atomic E-state index is 0.218. The summed E-state index contributed by atoms with van der Waals surface area (Å²) in [5, 5.41) is 7.10. The number of nitrogens with one attached hydrogen (secondary N) is 1. The van der Waals surface area contributed by atoms with Crippen LogP contribution >= 0.6 is 11.5 Å². The minimum Gasteiger partial charge on any atom is -0.501 e. The predicted octanol–water partition coefficient (Wildman–Crippen LogP) is 1.49. The van der Waals surface area contributed by atoms with Gasteiger partial charge in [0.05, 0.1) is 30.0 Å². The Morgan fingerprint density at radius 3 is 3.14 bits per heavy atom. The normalized spacial score (nSPS) is 18.5. The molecule has 2 rings (SSSR count).